The number of carbonyl (C=O) groups is 1. The molecule has 0 fully saturated rings. The van der Waals surface area contributed by atoms with Crippen molar-refractivity contribution in [3.63, 3.8) is 0 Å². The Morgan fingerprint density at radius 2 is 1.74 bits per heavy atom. The molecule has 2 aromatic carbocycles. The Labute approximate surface area is 136 Å². The highest BCUT2D eigenvalue weighted by Gasteiger charge is 2.23. The van der Waals surface area contributed by atoms with E-state index in [2.05, 4.69) is 6.07 Å². The van der Waals surface area contributed by atoms with Crippen LogP contribution in [0.4, 0.5) is 5.69 Å². The van der Waals surface area contributed by atoms with Crippen molar-refractivity contribution in [1.29, 1.82) is 0 Å². The van der Waals surface area contributed by atoms with Gasteiger partial charge in [0.2, 0.25) is 5.91 Å². The number of fused-ring (bicyclic) bond motifs is 1. The third kappa shape index (κ3) is 3.31. The van der Waals surface area contributed by atoms with Crippen LogP contribution in [-0.4, -0.2) is 26.7 Å². The molecule has 0 unspecified atom stereocenters. The number of carbonyl (C=O) groups excluding carboxylic acids is 1. The van der Waals surface area contributed by atoms with Crippen LogP contribution in [0.5, 0.6) is 11.5 Å². The SMILES string of the molecule is COc1ccc(CC(=O)N2CCCc3ccc(OC)cc32)cc1. The van der Waals surface area contributed by atoms with E-state index in [1.807, 2.05) is 41.3 Å². The van der Waals surface area contributed by atoms with Crippen LogP contribution >= 0.6 is 0 Å². The van der Waals surface area contributed by atoms with E-state index in [4.69, 9.17) is 9.47 Å². The largest absolute Gasteiger partial charge is 0.497 e. The average molecular weight is 311 g/mol. The zero-order valence-electron chi connectivity index (χ0n) is 13.5. The smallest absolute Gasteiger partial charge is 0.231 e. The molecule has 1 heterocycles. The van der Waals surface area contributed by atoms with Gasteiger partial charge >= 0.3 is 0 Å². The minimum absolute atomic E-state index is 0.115. The van der Waals surface area contributed by atoms with Gasteiger partial charge in [-0.3, -0.25) is 4.79 Å². The summed E-state index contributed by atoms with van der Waals surface area (Å²) in [5.74, 6) is 1.70. The summed E-state index contributed by atoms with van der Waals surface area (Å²) in [5.41, 5.74) is 3.18. The summed E-state index contributed by atoms with van der Waals surface area (Å²) in [4.78, 5) is 14.6. The monoisotopic (exact) mass is 311 g/mol. The number of rotatable bonds is 4. The molecule has 0 atom stereocenters. The maximum atomic E-state index is 12.7. The summed E-state index contributed by atoms with van der Waals surface area (Å²) in [7, 11) is 3.28. The van der Waals surface area contributed by atoms with Crippen molar-refractivity contribution >= 4 is 11.6 Å². The molecule has 0 N–H and O–H groups in total. The number of amides is 1. The van der Waals surface area contributed by atoms with E-state index in [1.54, 1.807) is 14.2 Å². The summed E-state index contributed by atoms with van der Waals surface area (Å²) in [6.45, 7) is 0.759. The number of ether oxygens (including phenoxy) is 2. The topological polar surface area (TPSA) is 38.8 Å². The maximum absolute atomic E-state index is 12.7. The van der Waals surface area contributed by atoms with Crippen molar-refractivity contribution in [3.8, 4) is 11.5 Å². The maximum Gasteiger partial charge on any atom is 0.231 e. The van der Waals surface area contributed by atoms with Crippen LogP contribution in [0, 0.1) is 0 Å². The first-order valence-corrected chi connectivity index (χ1v) is 7.81. The molecule has 4 nitrogen and oxygen atoms in total. The van der Waals surface area contributed by atoms with Gasteiger partial charge in [0.15, 0.2) is 0 Å². The van der Waals surface area contributed by atoms with Gasteiger partial charge in [-0.1, -0.05) is 18.2 Å². The number of hydrogen-bond acceptors (Lipinski definition) is 3. The number of aryl methyl sites for hydroxylation is 1. The molecule has 0 aromatic heterocycles. The van der Waals surface area contributed by atoms with Gasteiger partial charge in [0.1, 0.15) is 11.5 Å². The first-order valence-electron chi connectivity index (χ1n) is 7.81. The van der Waals surface area contributed by atoms with Gasteiger partial charge in [0, 0.05) is 12.6 Å². The van der Waals surface area contributed by atoms with E-state index in [1.165, 1.54) is 5.56 Å². The Kier molecular flexibility index (Phi) is 4.51. The van der Waals surface area contributed by atoms with E-state index in [-0.39, 0.29) is 5.91 Å². The fourth-order valence-electron chi connectivity index (χ4n) is 2.95. The van der Waals surface area contributed by atoms with Crippen molar-refractivity contribution in [2.24, 2.45) is 0 Å². The predicted molar refractivity (Wildman–Crippen MR) is 90.4 cm³/mol. The van der Waals surface area contributed by atoms with Crippen LogP contribution in [0.3, 0.4) is 0 Å². The lowest BCUT2D eigenvalue weighted by atomic mass is 10.0. The van der Waals surface area contributed by atoms with Crippen LogP contribution in [0.15, 0.2) is 42.5 Å². The minimum Gasteiger partial charge on any atom is -0.497 e. The normalized spacial score (nSPS) is 13.4. The number of anilines is 1. The van der Waals surface area contributed by atoms with E-state index >= 15 is 0 Å². The predicted octanol–water partition coefficient (Wildman–Crippen LogP) is 3.23. The molecular weight excluding hydrogens is 290 g/mol. The molecule has 3 rings (SSSR count). The van der Waals surface area contributed by atoms with Gasteiger partial charge in [-0.25, -0.2) is 0 Å². The minimum atomic E-state index is 0.115. The van der Waals surface area contributed by atoms with Crippen molar-refractivity contribution < 1.29 is 14.3 Å². The number of nitrogens with zero attached hydrogens (tertiary/aromatic N) is 1. The van der Waals surface area contributed by atoms with Crippen molar-refractivity contribution in [3.05, 3.63) is 53.6 Å². The molecule has 4 heteroatoms. The van der Waals surface area contributed by atoms with E-state index in [9.17, 15) is 4.79 Å². The van der Waals surface area contributed by atoms with Gasteiger partial charge in [-0.2, -0.15) is 0 Å². The zero-order valence-corrected chi connectivity index (χ0v) is 13.5. The van der Waals surface area contributed by atoms with E-state index in [0.29, 0.717) is 6.42 Å². The second-order valence-electron chi connectivity index (χ2n) is 5.67. The molecule has 23 heavy (non-hydrogen) atoms. The second-order valence-corrected chi connectivity index (χ2v) is 5.67. The molecule has 0 aliphatic carbocycles. The lowest BCUT2D eigenvalue weighted by Gasteiger charge is -2.30. The molecule has 0 saturated carbocycles. The Hall–Kier alpha value is -2.49. The third-order valence-electron chi connectivity index (χ3n) is 4.23. The highest BCUT2D eigenvalue weighted by Crippen LogP contribution is 2.31. The molecule has 1 aliphatic heterocycles. The van der Waals surface area contributed by atoms with Crippen molar-refractivity contribution in [2.45, 2.75) is 19.3 Å². The van der Waals surface area contributed by atoms with Crippen LogP contribution < -0.4 is 14.4 Å². The van der Waals surface area contributed by atoms with E-state index < -0.39 is 0 Å². The van der Waals surface area contributed by atoms with Gasteiger partial charge in [0.25, 0.3) is 0 Å². The van der Waals surface area contributed by atoms with Gasteiger partial charge in [-0.15, -0.1) is 0 Å². The highest BCUT2D eigenvalue weighted by molar-refractivity contribution is 5.96. The Morgan fingerprint density at radius 3 is 2.43 bits per heavy atom. The fourth-order valence-corrected chi connectivity index (χ4v) is 2.95. The Bertz CT molecular complexity index is 694. The molecule has 1 aliphatic rings. The number of benzene rings is 2. The summed E-state index contributed by atoms with van der Waals surface area (Å²) in [6, 6.07) is 13.6. The van der Waals surface area contributed by atoms with Crippen LogP contribution in [-0.2, 0) is 17.6 Å². The number of methoxy groups -OCH3 is 2. The van der Waals surface area contributed by atoms with Crippen molar-refractivity contribution in [1.82, 2.24) is 0 Å². The van der Waals surface area contributed by atoms with Gasteiger partial charge in [-0.05, 0) is 42.2 Å². The molecule has 0 radical (unpaired) electrons. The summed E-state index contributed by atoms with van der Waals surface area (Å²) in [6.07, 6.45) is 2.39. The summed E-state index contributed by atoms with van der Waals surface area (Å²) >= 11 is 0. The molecule has 0 spiro atoms. The van der Waals surface area contributed by atoms with Crippen LogP contribution in [0.1, 0.15) is 17.5 Å². The molecule has 0 saturated heterocycles. The molecule has 1 amide bonds. The molecule has 120 valence electrons. The highest BCUT2D eigenvalue weighted by atomic mass is 16.5. The zero-order chi connectivity index (χ0) is 16.2. The molecule has 2 aromatic rings. The summed E-state index contributed by atoms with van der Waals surface area (Å²) in [5, 5.41) is 0. The Balaban J connectivity index is 1.80. The average Bonchev–Trinajstić information content (AvgIpc) is 2.61. The quantitative estimate of drug-likeness (QED) is 0.870. The van der Waals surface area contributed by atoms with E-state index in [0.717, 1.165) is 42.1 Å². The fraction of sp³-hybridized carbons (Fsp3) is 0.316. The number of hydrogen-bond donors (Lipinski definition) is 0. The van der Waals surface area contributed by atoms with Crippen LogP contribution in [0.25, 0.3) is 0 Å². The third-order valence-corrected chi connectivity index (χ3v) is 4.23. The molecular formula is C19H21NO3. The molecule has 0 bridgehead atoms. The lowest BCUT2D eigenvalue weighted by Crippen LogP contribution is -2.36. The second kappa shape index (κ2) is 6.73. The first-order chi connectivity index (χ1) is 11.2. The van der Waals surface area contributed by atoms with Gasteiger partial charge in [0.05, 0.1) is 26.3 Å². The van der Waals surface area contributed by atoms with Crippen LogP contribution in [0.2, 0.25) is 0 Å². The summed E-state index contributed by atoms with van der Waals surface area (Å²) < 4.78 is 10.5. The van der Waals surface area contributed by atoms with Gasteiger partial charge < -0.3 is 14.4 Å². The van der Waals surface area contributed by atoms with Crippen molar-refractivity contribution in [2.75, 3.05) is 25.7 Å². The Morgan fingerprint density at radius 1 is 1.04 bits per heavy atom. The standard InChI is InChI=1S/C19H21NO3/c1-22-16-8-5-14(6-9-16)12-19(21)20-11-3-4-15-7-10-17(23-2)13-18(15)20/h5-10,13H,3-4,11-12H2,1-2H3. The lowest BCUT2D eigenvalue weighted by molar-refractivity contribution is -0.118. The first kappa shape index (κ1) is 15.4.